The monoisotopic (exact) mass is 419 g/mol. The summed E-state index contributed by atoms with van der Waals surface area (Å²) in [5, 5.41) is 9.06. The van der Waals surface area contributed by atoms with Gasteiger partial charge < -0.3 is 14.6 Å². The molecule has 0 radical (unpaired) electrons. The Balaban J connectivity index is 1.31. The second-order valence-electron chi connectivity index (χ2n) is 6.66. The average molecular weight is 420 g/mol. The van der Waals surface area contributed by atoms with Crippen molar-refractivity contribution in [2.45, 2.75) is 19.3 Å². The first-order valence-corrected chi connectivity index (χ1v) is 10.5. The van der Waals surface area contributed by atoms with Crippen molar-refractivity contribution in [3.05, 3.63) is 71.9 Å². The molecule has 4 aromatic rings. The number of benzene rings is 2. The maximum Gasteiger partial charge on any atom is 0.226 e. The normalized spacial score (nSPS) is 10.7. The Kier molecular flexibility index (Phi) is 6.20. The number of hydrogen-bond donors (Lipinski definition) is 1. The van der Waals surface area contributed by atoms with Crippen molar-refractivity contribution in [1.29, 1.82) is 0 Å². The van der Waals surface area contributed by atoms with E-state index in [2.05, 4.69) is 15.5 Å². The molecule has 30 heavy (non-hydrogen) atoms. The number of thiophene rings is 1. The molecule has 0 aliphatic heterocycles. The van der Waals surface area contributed by atoms with Gasteiger partial charge in [0.25, 0.3) is 0 Å². The fourth-order valence-corrected chi connectivity index (χ4v) is 3.83. The van der Waals surface area contributed by atoms with Gasteiger partial charge in [0.15, 0.2) is 0 Å². The second-order valence-corrected chi connectivity index (χ2v) is 7.61. The van der Waals surface area contributed by atoms with Gasteiger partial charge in [-0.15, -0.1) is 11.3 Å². The van der Waals surface area contributed by atoms with Gasteiger partial charge in [-0.3, -0.25) is 4.79 Å². The maximum atomic E-state index is 12.4. The van der Waals surface area contributed by atoms with Gasteiger partial charge in [-0.1, -0.05) is 29.4 Å². The summed E-state index contributed by atoms with van der Waals surface area (Å²) in [7, 11) is 1.62. The zero-order valence-electron chi connectivity index (χ0n) is 16.5. The molecule has 6 nitrogen and oxygen atoms in total. The van der Waals surface area contributed by atoms with E-state index in [9.17, 15) is 4.79 Å². The minimum atomic E-state index is -0.0334. The molecular formula is C23H21N3O3S. The predicted molar refractivity (Wildman–Crippen MR) is 118 cm³/mol. The van der Waals surface area contributed by atoms with Gasteiger partial charge in [-0.25, -0.2) is 0 Å². The van der Waals surface area contributed by atoms with Gasteiger partial charge in [0.1, 0.15) is 5.75 Å². The number of amides is 1. The standard InChI is InChI=1S/C23H21N3O3S/c1-28-17-13-11-16(12-14-17)23-25-22(29-26-23)10-4-9-21(27)24-19-7-3-2-6-18(19)20-8-5-15-30-20/h2-3,5-8,11-15H,4,9-10H2,1H3,(H,24,27). The molecule has 0 aliphatic carbocycles. The van der Waals surface area contributed by atoms with Crippen LogP contribution >= 0.6 is 11.3 Å². The number of ether oxygens (including phenoxy) is 1. The average Bonchev–Trinajstić information content (AvgIpc) is 3.47. The van der Waals surface area contributed by atoms with Crippen LogP contribution in [0.15, 0.2) is 70.6 Å². The van der Waals surface area contributed by atoms with Crippen LogP contribution in [0.5, 0.6) is 5.75 Å². The van der Waals surface area contributed by atoms with E-state index in [1.165, 1.54) is 0 Å². The molecule has 2 aromatic carbocycles. The number of nitrogens with one attached hydrogen (secondary N) is 1. The van der Waals surface area contributed by atoms with Crippen LogP contribution in [0.4, 0.5) is 5.69 Å². The summed E-state index contributed by atoms with van der Waals surface area (Å²) in [6, 6.07) is 19.3. The highest BCUT2D eigenvalue weighted by atomic mass is 32.1. The Morgan fingerprint density at radius 3 is 2.70 bits per heavy atom. The molecule has 2 heterocycles. The first-order chi connectivity index (χ1) is 14.7. The predicted octanol–water partition coefficient (Wildman–Crippen LogP) is 5.44. The Labute approximate surface area is 178 Å². The van der Waals surface area contributed by atoms with Crippen LogP contribution in [-0.2, 0) is 11.2 Å². The number of carbonyl (C=O) groups excluding carboxylic acids is 1. The second kappa shape index (κ2) is 9.37. The molecule has 0 saturated heterocycles. The highest BCUT2D eigenvalue weighted by Crippen LogP contribution is 2.31. The third-order valence-corrected chi connectivity index (χ3v) is 5.50. The molecule has 0 bridgehead atoms. The van der Waals surface area contributed by atoms with Crippen LogP contribution in [0, 0.1) is 0 Å². The Morgan fingerprint density at radius 2 is 1.93 bits per heavy atom. The van der Waals surface area contributed by atoms with E-state index in [4.69, 9.17) is 9.26 Å². The summed E-state index contributed by atoms with van der Waals surface area (Å²) >= 11 is 1.65. The number of anilines is 1. The molecule has 4 rings (SSSR count). The van der Waals surface area contributed by atoms with E-state index in [0.717, 1.165) is 27.4 Å². The van der Waals surface area contributed by atoms with Crippen molar-refractivity contribution in [2.24, 2.45) is 0 Å². The van der Waals surface area contributed by atoms with Crippen LogP contribution in [0.3, 0.4) is 0 Å². The molecule has 0 atom stereocenters. The van der Waals surface area contributed by atoms with Crippen LogP contribution in [-0.4, -0.2) is 23.2 Å². The SMILES string of the molecule is COc1ccc(-c2noc(CCCC(=O)Nc3ccccc3-c3cccs3)n2)cc1. The number of hydrogen-bond acceptors (Lipinski definition) is 6. The van der Waals surface area contributed by atoms with Crippen molar-refractivity contribution in [3.8, 4) is 27.6 Å². The summed E-state index contributed by atoms with van der Waals surface area (Å²) in [6.07, 6.45) is 1.54. The molecule has 1 amide bonds. The lowest BCUT2D eigenvalue weighted by molar-refractivity contribution is -0.116. The summed E-state index contributed by atoms with van der Waals surface area (Å²) in [6.45, 7) is 0. The minimum Gasteiger partial charge on any atom is -0.497 e. The largest absolute Gasteiger partial charge is 0.497 e. The number of nitrogens with zero attached hydrogens (tertiary/aromatic N) is 2. The van der Waals surface area contributed by atoms with Gasteiger partial charge in [0.2, 0.25) is 17.6 Å². The molecular weight excluding hydrogens is 398 g/mol. The van der Waals surface area contributed by atoms with Crippen LogP contribution in [0.2, 0.25) is 0 Å². The van der Waals surface area contributed by atoms with E-state index in [1.807, 2.05) is 66.0 Å². The molecule has 152 valence electrons. The summed E-state index contributed by atoms with van der Waals surface area (Å²) in [5.41, 5.74) is 2.71. The fraction of sp³-hybridized carbons (Fsp3) is 0.174. The van der Waals surface area contributed by atoms with Crippen molar-refractivity contribution in [3.63, 3.8) is 0 Å². The van der Waals surface area contributed by atoms with Crippen molar-refractivity contribution in [1.82, 2.24) is 10.1 Å². The third-order valence-electron chi connectivity index (χ3n) is 4.60. The zero-order valence-corrected chi connectivity index (χ0v) is 17.3. The molecule has 0 aliphatic rings. The summed E-state index contributed by atoms with van der Waals surface area (Å²) in [5.74, 6) is 1.79. The van der Waals surface area contributed by atoms with Crippen molar-refractivity contribution < 1.29 is 14.1 Å². The zero-order chi connectivity index (χ0) is 20.8. The number of rotatable bonds is 8. The van der Waals surface area contributed by atoms with Crippen molar-refractivity contribution >= 4 is 22.9 Å². The van der Waals surface area contributed by atoms with E-state index >= 15 is 0 Å². The van der Waals surface area contributed by atoms with E-state index in [-0.39, 0.29) is 5.91 Å². The number of carbonyl (C=O) groups is 1. The summed E-state index contributed by atoms with van der Waals surface area (Å²) in [4.78, 5) is 18.0. The van der Waals surface area contributed by atoms with Crippen LogP contribution in [0.25, 0.3) is 21.8 Å². The molecule has 7 heteroatoms. The lowest BCUT2D eigenvalue weighted by Crippen LogP contribution is -2.12. The lowest BCUT2D eigenvalue weighted by Gasteiger charge is -2.09. The molecule has 1 N–H and O–H groups in total. The number of methoxy groups -OCH3 is 1. The molecule has 2 aromatic heterocycles. The summed E-state index contributed by atoms with van der Waals surface area (Å²) < 4.78 is 10.5. The van der Waals surface area contributed by atoms with Crippen LogP contribution < -0.4 is 10.1 Å². The smallest absolute Gasteiger partial charge is 0.226 e. The van der Waals surface area contributed by atoms with Crippen molar-refractivity contribution in [2.75, 3.05) is 12.4 Å². The minimum absolute atomic E-state index is 0.0334. The Hall–Kier alpha value is -3.45. The Morgan fingerprint density at radius 1 is 1.10 bits per heavy atom. The molecule has 0 saturated carbocycles. The van der Waals surface area contributed by atoms with Gasteiger partial charge in [-0.05, 0) is 48.2 Å². The molecule has 0 unspecified atom stereocenters. The first-order valence-electron chi connectivity index (χ1n) is 9.63. The van der Waals surface area contributed by atoms with Gasteiger partial charge in [0.05, 0.1) is 7.11 Å². The highest BCUT2D eigenvalue weighted by Gasteiger charge is 2.12. The number of para-hydroxylation sites is 1. The van der Waals surface area contributed by atoms with E-state index < -0.39 is 0 Å². The first kappa shape index (κ1) is 19.8. The van der Waals surface area contributed by atoms with Crippen LogP contribution in [0.1, 0.15) is 18.7 Å². The van der Waals surface area contributed by atoms with Gasteiger partial charge in [0, 0.05) is 34.5 Å². The lowest BCUT2D eigenvalue weighted by atomic mass is 10.1. The maximum absolute atomic E-state index is 12.4. The quantitative estimate of drug-likeness (QED) is 0.412. The topological polar surface area (TPSA) is 77.2 Å². The number of aryl methyl sites for hydroxylation is 1. The molecule has 0 spiro atoms. The van der Waals surface area contributed by atoms with Gasteiger partial charge >= 0.3 is 0 Å². The fourth-order valence-electron chi connectivity index (χ4n) is 3.07. The Bertz CT molecular complexity index is 1100. The third kappa shape index (κ3) is 4.75. The number of aromatic nitrogens is 2. The van der Waals surface area contributed by atoms with E-state index in [0.29, 0.717) is 31.0 Å². The van der Waals surface area contributed by atoms with E-state index in [1.54, 1.807) is 18.4 Å². The molecule has 0 fully saturated rings. The highest BCUT2D eigenvalue weighted by molar-refractivity contribution is 7.13. The van der Waals surface area contributed by atoms with Gasteiger partial charge in [-0.2, -0.15) is 4.98 Å².